The van der Waals surface area contributed by atoms with E-state index in [4.69, 9.17) is 28.4 Å². The maximum absolute atomic E-state index is 12.9. The van der Waals surface area contributed by atoms with Gasteiger partial charge in [0.05, 0.1) is 27.4 Å². The average Bonchev–Trinajstić information content (AvgIpc) is 3.35. The van der Waals surface area contributed by atoms with Gasteiger partial charge in [0.1, 0.15) is 11.7 Å². The number of carbonyl (C=O) groups excluding carboxylic acids is 1. The van der Waals surface area contributed by atoms with Gasteiger partial charge in [-0.2, -0.15) is 0 Å². The highest BCUT2D eigenvalue weighted by atomic mass is 79.9. The predicted molar refractivity (Wildman–Crippen MR) is 116 cm³/mol. The molecule has 166 valence electrons. The van der Waals surface area contributed by atoms with Crippen LogP contribution in [0.25, 0.3) is 0 Å². The number of fused-ring (bicyclic) bond motifs is 3. The molecular formula is C22H24BrNO7. The van der Waals surface area contributed by atoms with E-state index in [1.54, 1.807) is 20.3 Å². The van der Waals surface area contributed by atoms with E-state index in [-0.39, 0.29) is 29.8 Å². The fraction of sp³-hybridized carbons (Fsp3) is 0.409. The summed E-state index contributed by atoms with van der Waals surface area (Å²) in [6.07, 6.45) is 0.306. The molecule has 8 nitrogen and oxygen atoms in total. The Bertz CT molecular complexity index is 1040. The minimum Gasteiger partial charge on any atom is -0.493 e. The van der Waals surface area contributed by atoms with Gasteiger partial charge in [0.2, 0.25) is 12.5 Å². The number of methoxy groups -OCH3 is 3. The molecule has 9 heteroatoms. The Morgan fingerprint density at radius 1 is 1.06 bits per heavy atom. The van der Waals surface area contributed by atoms with Crippen molar-refractivity contribution in [1.82, 2.24) is 4.90 Å². The van der Waals surface area contributed by atoms with E-state index in [2.05, 4.69) is 4.90 Å². The van der Waals surface area contributed by atoms with Gasteiger partial charge in [0, 0.05) is 17.7 Å². The Morgan fingerprint density at radius 2 is 1.84 bits per heavy atom. The van der Waals surface area contributed by atoms with Gasteiger partial charge in [0.15, 0.2) is 23.0 Å². The number of esters is 1. The van der Waals surface area contributed by atoms with Gasteiger partial charge in [-0.1, -0.05) is 6.07 Å². The van der Waals surface area contributed by atoms with E-state index in [0.29, 0.717) is 34.3 Å². The van der Waals surface area contributed by atoms with Crippen LogP contribution in [0.15, 0.2) is 18.2 Å². The van der Waals surface area contributed by atoms with Gasteiger partial charge < -0.3 is 28.4 Å². The van der Waals surface area contributed by atoms with Crippen molar-refractivity contribution in [1.29, 1.82) is 0 Å². The highest BCUT2D eigenvalue weighted by molar-refractivity contribution is 8.93. The first-order valence-corrected chi connectivity index (χ1v) is 9.74. The molecule has 0 aliphatic carbocycles. The number of halogens is 1. The third-order valence-corrected chi connectivity index (χ3v) is 6.06. The van der Waals surface area contributed by atoms with E-state index in [0.717, 1.165) is 29.7 Å². The van der Waals surface area contributed by atoms with Crippen LogP contribution in [-0.2, 0) is 11.2 Å². The number of nitrogens with zero attached hydrogens (tertiary/aromatic N) is 1. The molecule has 3 heterocycles. The topological polar surface area (TPSA) is 75.7 Å². The maximum Gasteiger partial charge on any atom is 0.343 e. The summed E-state index contributed by atoms with van der Waals surface area (Å²) >= 11 is 0. The summed E-state index contributed by atoms with van der Waals surface area (Å²) < 4.78 is 33.8. The maximum atomic E-state index is 12.9. The fourth-order valence-corrected chi connectivity index (χ4v) is 4.71. The molecule has 0 bridgehead atoms. The second-order valence-electron chi connectivity index (χ2n) is 7.48. The van der Waals surface area contributed by atoms with Crippen molar-refractivity contribution in [2.24, 2.45) is 0 Å². The SMILES string of the molecule is Br.COc1ccc2c(c1OC)C(=O)O[C@@H]2[C@H]1c2c(cc3c(c2OC)OCO3)CCN1C. The summed E-state index contributed by atoms with van der Waals surface area (Å²) in [4.78, 5) is 15.1. The van der Waals surface area contributed by atoms with E-state index >= 15 is 0 Å². The zero-order chi connectivity index (χ0) is 21.0. The minimum absolute atomic E-state index is 0. The third kappa shape index (κ3) is 3.10. The van der Waals surface area contributed by atoms with E-state index in [1.807, 2.05) is 19.2 Å². The Labute approximate surface area is 190 Å². The lowest BCUT2D eigenvalue weighted by Gasteiger charge is -2.38. The second kappa shape index (κ2) is 8.12. The van der Waals surface area contributed by atoms with Crippen LogP contribution in [0, 0.1) is 0 Å². The van der Waals surface area contributed by atoms with Crippen LogP contribution < -0.4 is 23.7 Å². The van der Waals surface area contributed by atoms with Gasteiger partial charge >= 0.3 is 5.97 Å². The summed E-state index contributed by atoms with van der Waals surface area (Å²) in [6.45, 7) is 0.963. The third-order valence-electron chi connectivity index (χ3n) is 6.06. The lowest BCUT2D eigenvalue weighted by atomic mass is 9.85. The van der Waals surface area contributed by atoms with Crippen LogP contribution in [0.1, 0.15) is 39.2 Å². The largest absolute Gasteiger partial charge is 0.493 e. The summed E-state index contributed by atoms with van der Waals surface area (Å²) in [7, 11) is 6.70. The summed E-state index contributed by atoms with van der Waals surface area (Å²) in [5, 5.41) is 0. The van der Waals surface area contributed by atoms with Crippen molar-refractivity contribution in [2.45, 2.75) is 18.6 Å². The number of ether oxygens (including phenoxy) is 6. The fourth-order valence-electron chi connectivity index (χ4n) is 4.71. The molecular weight excluding hydrogens is 470 g/mol. The highest BCUT2D eigenvalue weighted by Crippen LogP contribution is 2.55. The second-order valence-corrected chi connectivity index (χ2v) is 7.48. The van der Waals surface area contributed by atoms with Gasteiger partial charge in [0.25, 0.3) is 0 Å². The summed E-state index contributed by atoms with van der Waals surface area (Å²) in [6, 6.07) is 5.43. The van der Waals surface area contributed by atoms with Crippen LogP contribution in [0.4, 0.5) is 0 Å². The molecule has 31 heavy (non-hydrogen) atoms. The molecule has 3 aliphatic rings. The molecule has 5 rings (SSSR count). The molecule has 0 fully saturated rings. The number of benzene rings is 2. The van der Waals surface area contributed by atoms with E-state index in [1.165, 1.54) is 7.11 Å². The first-order valence-electron chi connectivity index (χ1n) is 9.74. The number of cyclic esters (lactones) is 1. The lowest BCUT2D eigenvalue weighted by Crippen LogP contribution is -2.36. The van der Waals surface area contributed by atoms with Gasteiger partial charge in [-0.05, 0) is 31.2 Å². The predicted octanol–water partition coefficient (Wildman–Crippen LogP) is 3.46. The van der Waals surface area contributed by atoms with Crippen LogP contribution in [-0.4, -0.2) is 52.6 Å². The van der Waals surface area contributed by atoms with Crippen molar-refractivity contribution in [3.63, 3.8) is 0 Å². The normalized spacial score (nSPS) is 21.0. The molecule has 0 unspecified atom stereocenters. The quantitative estimate of drug-likeness (QED) is 0.599. The van der Waals surface area contributed by atoms with Crippen LogP contribution in [0.5, 0.6) is 28.7 Å². The lowest BCUT2D eigenvalue weighted by molar-refractivity contribution is 0.00874. The number of rotatable bonds is 4. The van der Waals surface area contributed by atoms with Crippen molar-refractivity contribution in [2.75, 3.05) is 41.7 Å². The molecule has 0 N–H and O–H groups in total. The standard InChI is InChI=1S/C22H23NO7.BrH/c1-23-8-7-11-9-14-20(29-10-28-14)21(27-4)15(11)17(23)18-12-5-6-13(25-2)19(26-3)16(12)22(24)30-18;/h5-6,9,17-18H,7-8,10H2,1-4H3;1H/t17-,18+;/m1./s1. The van der Waals surface area contributed by atoms with Crippen molar-refractivity contribution < 1.29 is 33.2 Å². The Balaban J connectivity index is 0.00000231. The van der Waals surface area contributed by atoms with E-state index in [9.17, 15) is 4.79 Å². The van der Waals surface area contributed by atoms with Crippen LogP contribution in [0.2, 0.25) is 0 Å². The number of hydrogen-bond donors (Lipinski definition) is 0. The highest BCUT2D eigenvalue weighted by Gasteiger charge is 2.46. The van der Waals surface area contributed by atoms with Crippen molar-refractivity contribution in [3.8, 4) is 28.7 Å². The van der Waals surface area contributed by atoms with E-state index < -0.39 is 12.1 Å². The van der Waals surface area contributed by atoms with Crippen molar-refractivity contribution in [3.05, 3.63) is 40.5 Å². The van der Waals surface area contributed by atoms with Gasteiger partial charge in [-0.15, -0.1) is 17.0 Å². The molecule has 0 spiro atoms. The van der Waals surface area contributed by atoms with Gasteiger partial charge in [-0.3, -0.25) is 4.90 Å². The smallest absolute Gasteiger partial charge is 0.343 e. The summed E-state index contributed by atoms with van der Waals surface area (Å²) in [5.74, 6) is 2.36. The minimum atomic E-state index is -0.523. The molecule has 2 aromatic rings. The number of likely N-dealkylation sites (N-methyl/N-ethyl adjacent to an activating group) is 1. The number of carbonyl (C=O) groups is 1. The molecule has 0 radical (unpaired) electrons. The molecule has 3 aliphatic heterocycles. The Kier molecular flexibility index (Phi) is 5.65. The molecule has 2 aromatic carbocycles. The molecule has 2 atom stereocenters. The summed E-state index contributed by atoms with van der Waals surface area (Å²) in [5.41, 5.74) is 3.23. The zero-order valence-corrected chi connectivity index (χ0v) is 19.4. The van der Waals surface area contributed by atoms with Crippen molar-refractivity contribution >= 4 is 23.0 Å². The average molecular weight is 494 g/mol. The first kappa shape index (κ1) is 21.6. The number of hydrogen-bond acceptors (Lipinski definition) is 8. The molecule has 0 saturated heterocycles. The molecule has 0 saturated carbocycles. The first-order chi connectivity index (χ1) is 14.6. The Morgan fingerprint density at radius 3 is 2.55 bits per heavy atom. The molecule has 0 aromatic heterocycles. The molecule has 0 amide bonds. The monoisotopic (exact) mass is 493 g/mol. The zero-order valence-electron chi connectivity index (χ0n) is 17.7. The van der Waals surface area contributed by atoms with Crippen LogP contribution >= 0.6 is 17.0 Å². The van der Waals surface area contributed by atoms with Crippen LogP contribution in [0.3, 0.4) is 0 Å². The van der Waals surface area contributed by atoms with Gasteiger partial charge in [-0.25, -0.2) is 4.79 Å². The Hall–Kier alpha value is -2.65.